The third kappa shape index (κ3) is 3.89. The number of rotatable bonds is 4. The van der Waals surface area contributed by atoms with Gasteiger partial charge >= 0.3 is 0 Å². The van der Waals surface area contributed by atoms with Gasteiger partial charge in [0, 0.05) is 32.2 Å². The molecule has 1 aliphatic heterocycles. The first-order valence-electron chi connectivity index (χ1n) is 7.67. The number of hydrogen-bond donors (Lipinski definition) is 1. The third-order valence-electron chi connectivity index (χ3n) is 3.85. The Hall–Kier alpha value is -1.22. The zero-order valence-corrected chi connectivity index (χ0v) is 13.6. The molecule has 1 atom stereocenters. The van der Waals surface area contributed by atoms with Crippen molar-refractivity contribution in [1.29, 1.82) is 0 Å². The average Bonchev–Trinajstić information content (AvgIpc) is 2.39. The number of benzene rings is 1. The summed E-state index contributed by atoms with van der Waals surface area (Å²) in [6, 6.07) is 8.74. The Morgan fingerprint density at radius 3 is 2.45 bits per heavy atom. The van der Waals surface area contributed by atoms with E-state index in [9.17, 15) is 0 Å². The number of fused-ring (bicyclic) bond motifs is 1. The number of para-hydroxylation sites is 2. The Balaban J connectivity index is 1.99. The van der Waals surface area contributed by atoms with E-state index in [4.69, 9.17) is 0 Å². The second-order valence-corrected chi connectivity index (χ2v) is 7.09. The molecule has 0 bridgehead atoms. The Morgan fingerprint density at radius 2 is 1.80 bits per heavy atom. The normalized spacial score (nSPS) is 17.1. The van der Waals surface area contributed by atoms with E-state index in [0.717, 1.165) is 26.2 Å². The van der Waals surface area contributed by atoms with Crippen LogP contribution < -0.4 is 15.1 Å². The Labute approximate surface area is 124 Å². The third-order valence-corrected chi connectivity index (χ3v) is 3.85. The smallest absolute Gasteiger partial charge is 0.0604 e. The van der Waals surface area contributed by atoms with Crippen molar-refractivity contribution < 1.29 is 0 Å². The first-order chi connectivity index (χ1) is 9.37. The molecule has 1 N–H and O–H groups in total. The molecule has 0 fully saturated rings. The van der Waals surface area contributed by atoms with E-state index in [0.29, 0.717) is 5.92 Å². The zero-order valence-electron chi connectivity index (χ0n) is 13.6. The van der Waals surface area contributed by atoms with Crippen molar-refractivity contribution in [2.75, 3.05) is 43.0 Å². The zero-order chi connectivity index (χ0) is 14.8. The minimum absolute atomic E-state index is 0.203. The summed E-state index contributed by atoms with van der Waals surface area (Å²) in [7, 11) is 2.18. The van der Waals surface area contributed by atoms with Gasteiger partial charge in [-0.05, 0) is 45.4 Å². The van der Waals surface area contributed by atoms with Crippen LogP contribution in [0, 0.1) is 5.92 Å². The van der Waals surface area contributed by atoms with Crippen molar-refractivity contribution in [1.82, 2.24) is 5.32 Å². The summed E-state index contributed by atoms with van der Waals surface area (Å²) in [6.07, 6.45) is 0. The predicted molar refractivity (Wildman–Crippen MR) is 88.8 cm³/mol. The standard InChI is InChI=1S/C17H29N3/c1-14(12-18-17(2,3)4)13-20-11-10-19(5)15-8-6-7-9-16(15)20/h6-9,14,18H,10-13H2,1-5H3. The molecule has 0 saturated heterocycles. The van der Waals surface area contributed by atoms with E-state index >= 15 is 0 Å². The lowest BCUT2D eigenvalue weighted by Crippen LogP contribution is -2.44. The molecule has 0 saturated carbocycles. The second kappa shape index (κ2) is 6.04. The number of nitrogens with zero attached hydrogens (tertiary/aromatic N) is 2. The van der Waals surface area contributed by atoms with Gasteiger partial charge in [0.1, 0.15) is 0 Å². The maximum absolute atomic E-state index is 3.61. The van der Waals surface area contributed by atoms with Gasteiger partial charge in [-0.1, -0.05) is 19.1 Å². The van der Waals surface area contributed by atoms with Gasteiger partial charge < -0.3 is 15.1 Å². The van der Waals surface area contributed by atoms with E-state index in [-0.39, 0.29) is 5.54 Å². The summed E-state index contributed by atoms with van der Waals surface area (Å²) < 4.78 is 0. The number of likely N-dealkylation sites (N-methyl/N-ethyl adjacent to an activating group) is 1. The topological polar surface area (TPSA) is 18.5 Å². The van der Waals surface area contributed by atoms with E-state index in [1.165, 1.54) is 11.4 Å². The molecule has 20 heavy (non-hydrogen) atoms. The highest BCUT2D eigenvalue weighted by Crippen LogP contribution is 2.32. The maximum atomic E-state index is 3.61. The lowest BCUT2D eigenvalue weighted by molar-refractivity contribution is 0.381. The minimum Gasteiger partial charge on any atom is -0.371 e. The lowest BCUT2D eigenvalue weighted by Gasteiger charge is -2.38. The summed E-state index contributed by atoms with van der Waals surface area (Å²) in [4.78, 5) is 4.88. The van der Waals surface area contributed by atoms with Crippen molar-refractivity contribution in [3.05, 3.63) is 24.3 Å². The Bertz CT molecular complexity index is 436. The molecular formula is C17H29N3. The molecule has 2 rings (SSSR count). The molecule has 1 aliphatic rings. The van der Waals surface area contributed by atoms with Crippen LogP contribution in [0.15, 0.2) is 24.3 Å². The fourth-order valence-electron chi connectivity index (χ4n) is 2.68. The van der Waals surface area contributed by atoms with Gasteiger partial charge in [-0.2, -0.15) is 0 Å². The summed E-state index contributed by atoms with van der Waals surface area (Å²) in [6.45, 7) is 13.4. The van der Waals surface area contributed by atoms with Gasteiger partial charge in [-0.3, -0.25) is 0 Å². The van der Waals surface area contributed by atoms with Gasteiger partial charge in [0.25, 0.3) is 0 Å². The number of anilines is 2. The van der Waals surface area contributed by atoms with E-state index in [1.54, 1.807) is 0 Å². The van der Waals surface area contributed by atoms with Crippen LogP contribution in [0.1, 0.15) is 27.7 Å². The summed E-state index contributed by atoms with van der Waals surface area (Å²) in [5.41, 5.74) is 2.94. The number of nitrogens with one attached hydrogen (secondary N) is 1. The highest BCUT2D eigenvalue weighted by atomic mass is 15.3. The van der Waals surface area contributed by atoms with Crippen LogP contribution in [0.4, 0.5) is 11.4 Å². The molecule has 1 aromatic carbocycles. The Morgan fingerprint density at radius 1 is 1.15 bits per heavy atom. The molecule has 0 radical (unpaired) electrons. The van der Waals surface area contributed by atoms with Crippen LogP contribution in [0.3, 0.4) is 0 Å². The highest BCUT2D eigenvalue weighted by molar-refractivity contribution is 5.73. The summed E-state index contributed by atoms with van der Waals surface area (Å²) in [5, 5.41) is 3.61. The van der Waals surface area contributed by atoms with Crippen LogP contribution >= 0.6 is 0 Å². The lowest BCUT2D eigenvalue weighted by atomic mass is 10.1. The molecule has 0 spiro atoms. The van der Waals surface area contributed by atoms with Crippen LogP contribution in [-0.2, 0) is 0 Å². The monoisotopic (exact) mass is 275 g/mol. The molecular weight excluding hydrogens is 246 g/mol. The van der Waals surface area contributed by atoms with Gasteiger partial charge in [0.15, 0.2) is 0 Å². The highest BCUT2D eigenvalue weighted by Gasteiger charge is 2.21. The van der Waals surface area contributed by atoms with Crippen LogP contribution in [0.25, 0.3) is 0 Å². The van der Waals surface area contributed by atoms with Crippen LogP contribution in [0.5, 0.6) is 0 Å². The van der Waals surface area contributed by atoms with Crippen molar-refractivity contribution in [2.24, 2.45) is 5.92 Å². The minimum atomic E-state index is 0.203. The largest absolute Gasteiger partial charge is 0.371 e. The summed E-state index contributed by atoms with van der Waals surface area (Å²) >= 11 is 0. The molecule has 0 aromatic heterocycles. The molecule has 0 aliphatic carbocycles. The summed E-state index contributed by atoms with van der Waals surface area (Å²) in [5.74, 6) is 0.644. The molecule has 1 aromatic rings. The number of hydrogen-bond acceptors (Lipinski definition) is 3. The van der Waals surface area contributed by atoms with E-state index in [1.807, 2.05) is 0 Å². The molecule has 112 valence electrons. The van der Waals surface area contributed by atoms with Crippen molar-refractivity contribution >= 4 is 11.4 Å². The molecule has 0 amide bonds. The fourth-order valence-corrected chi connectivity index (χ4v) is 2.68. The van der Waals surface area contributed by atoms with Gasteiger partial charge in [0.05, 0.1) is 11.4 Å². The van der Waals surface area contributed by atoms with Crippen molar-refractivity contribution in [3.8, 4) is 0 Å². The predicted octanol–water partition coefficient (Wildman–Crippen LogP) is 2.97. The first kappa shape index (κ1) is 15.2. The van der Waals surface area contributed by atoms with E-state index < -0.39 is 0 Å². The molecule has 3 nitrogen and oxygen atoms in total. The average molecular weight is 275 g/mol. The van der Waals surface area contributed by atoms with Gasteiger partial charge in [-0.15, -0.1) is 0 Å². The van der Waals surface area contributed by atoms with Crippen molar-refractivity contribution in [2.45, 2.75) is 33.2 Å². The second-order valence-electron chi connectivity index (χ2n) is 7.09. The first-order valence-corrected chi connectivity index (χ1v) is 7.67. The van der Waals surface area contributed by atoms with Crippen molar-refractivity contribution in [3.63, 3.8) is 0 Å². The SMILES string of the molecule is CC(CNC(C)(C)C)CN1CCN(C)c2ccccc21. The maximum Gasteiger partial charge on any atom is 0.0604 e. The van der Waals surface area contributed by atoms with E-state index in [2.05, 4.69) is 74.1 Å². The van der Waals surface area contributed by atoms with Gasteiger partial charge in [-0.25, -0.2) is 0 Å². The van der Waals surface area contributed by atoms with Crippen LogP contribution in [-0.4, -0.2) is 38.8 Å². The molecule has 3 heteroatoms. The van der Waals surface area contributed by atoms with Crippen LogP contribution in [0.2, 0.25) is 0 Å². The van der Waals surface area contributed by atoms with Gasteiger partial charge in [0.2, 0.25) is 0 Å². The quantitative estimate of drug-likeness (QED) is 0.911. The fraction of sp³-hybridized carbons (Fsp3) is 0.647. The Kier molecular flexibility index (Phi) is 4.59. The molecule has 1 heterocycles. The molecule has 1 unspecified atom stereocenters.